The van der Waals surface area contributed by atoms with Crippen LogP contribution < -0.4 is 5.32 Å². The zero-order chi connectivity index (χ0) is 10.4. The number of benzene rings is 1. The first-order chi connectivity index (χ1) is 6.77. The van der Waals surface area contributed by atoms with E-state index in [1.807, 2.05) is 19.1 Å². The molecule has 0 bridgehead atoms. The van der Waals surface area contributed by atoms with Crippen molar-refractivity contribution >= 4 is 5.91 Å². The molecule has 1 atom stereocenters. The molecule has 0 saturated heterocycles. The molecule has 1 aromatic rings. The van der Waals surface area contributed by atoms with Gasteiger partial charge in [0.05, 0.1) is 6.07 Å². The fourth-order valence-electron chi connectivity index (χ4n) is 1.06. The molecule has 1 aromatic carbocycles. The second-order valence-electron chi connectivity index (χ2n) is 2.93. The van der Waals surface area contributed by atoms with Gasteiger partial charge in [-0.05, 0) is 18.6 Å². The second-order valence-corrected chi connectivity index (χ2v) is 2.93. The van der Waals surface area contributed by atoms with Crippen molar-refractivity contribution in [1.29, 1.82) is 5.26 Å². The smallest absolute Gasteiger partial charge is 0.252 e. The summed E-state index contributed by atoms with van der Waals surface area (Å²) in [6, 6.07) is 10.5. The van der Waals surface area contributed by atoms with Crippen molar-refractivity contribution in [3.63, 3.8) is 0 Å². The van der Waals surface area contributed by atoms with Gasteiger partial charge >= 0.3 is 0 Å². The SMILES string of the molecule is CCC(C#N)NC(=O)c1ccccc1. The topological polar surface area (TPSA) is 52.9 Å². The second kappa shape index (κ2) is 5.03. The number of hydrogen-bond donors (Lipinski definition) is 1. The van der Waals surface area contributed by atoms with Gasteiger partial charge in [0.2, 0.25) is 0 Å². The molecule has 0 aliphatic heterocycles. The maximum Gasteiger partial charge on any atom is 0.252 e. The van der Waals surface area contributed by atoms with Gasteiger partial charge in [-0.1, -0.05) is 25.1 Å². The lowest BCUT2D eigenvalue weighted by Crippen LogP contribution is -2.33. The average molecular weight is 188 g/mol. The molecule has 0 spiro atoms. The van der Waals surface area contributed by atoms with E-state index in [2.05, 4.69) is 5.32 Å². The number of hydrogen-bond acceptors (Lipinski definition) is 2. The summed E-state index contributed by atoms with van der Waals surface area (Å²) in [5, 5.41) is 11.3. The summed E-state index contributed by atoms with van der Waals surface area (Å²) in [5.74, 6) is -0.195. The van der Waals surface area contributed by atoms with Crippen molar-refractivity contribution in [2.75, 3.05) is 0 Å². The van der Waals surface area contributed by atoms with Crippen LogP contribution in [0.4, 0.5) is 0 Å². The molecule has 1 amide bonds. The van der Waals surface area contributed by atoms with Gasteiger partial charge in [0.15, 0.2) is 0 Å². The minimum Gasteiger partial charge on any atom is -0.336 e. The Bertz CT molecular complexity index is 340. The molecule has 0 aromatic heterocycles. The number of amides is 1. The number of nitrogens with one attached hydrogen (secondary N) is 1. The Morgan fingerprint density at radius 2 is 2.14 bits per heavy atom. The van der Waals surface area contributed by atoms with E-state index in [9.17, 15) is 4.79 Å². The maximum absolute atomic E-state index is 11.5. The minimum absolute atomic E-state index is 0.195. The highest BCUT2D eigenvalue weighted by Crippen LogP contribution is 1.99. The van der Waals surface area contributed by atoms with Crippen LogP contribution in [0.15, 0.2) is 30.3 Å². The molecular weight excluding hydrogens is 176 g/mol. The maximum atomic E-state index is 11.5. The summed E-state index contributed by atoms with van der Waals surface area (Å²) in [5.41, 5.74) is 0.584. The standard InChI is InChI=1S/C11H12N2O/c1-2-10(8-12)13-11(14)9-6-4-3-5-7-9/h3-7,10H,2H2,1H3,(H,13,14). The van der Waals surface area contributed by atoms with Crippen molar-refractivity contribution in [2.45, 2.75) is 19.4 Å². The number of carbonyl (C=O) groups excluding carboxylic acids is 1. The van der Waals surface area contributed by atoms with Crippen LogP contribution in [-0.2, 0) is 0 Å². The van der Waals surface area contributed by atoms with Gasteiger partial charge in [0.25, 0.3) is 5.91 Å². The molecular formula is C11H12N2O. The molecule has 0 aliphatic rings. The van der Waals surface area contributed by atoms with Crippen LogP contribution in [0.5, 0.6) is 0 Å². The van der Waals surface area contributed by atoms with E-state index in [4.69, 9.17) is 5.26 Å². The zero-order valence-corrected chi connectivity index (χ0v) is 8.03. The normalized spacial score (nSPS) is 11.4. The quantitative estimate of drug-likeness (QED) is 0.785. The fraction of sp³-hybridized carbons (Fsp3) is 0.273. The Morgan fingerprint density at radius 1 is 1.50 bits per heavy atom. The van der Waals surface area contributed by atoms with Gasteiger partial charge in [0, 0.05) is 5.56 Å². The van der Waals surface area contributed by atoms with Crippen molar-refractivity contribution in [2.24, 2.45) is 0 Å². The van der Waals surface area contributed by atoms with Crippen LogP contribution in [0.3, 0.4) is 0 Å². The van der Waals surface area contributed by atoms with E-state index >= 15 is 0 Å². The zero-order valence-electron chi connectivity index (χ0n) is 8.03. The van der Waals surface area contributed by atoms with Crippen molar-refractivity contribution in [1.82, 2.24) is 5.32 Å². The Balaban J connectivity index is 2.64. The molecule has 1 N–H and O–H groups in total. The molecule has 0 heterocycles. The van der Waals surface area contributed by atoms with Crippen LogP contribution in [0, 0.1) is 11.3 Å². The van der Waals surface area contributed by atoms with Crippen LogP contribution >= 0.6 is 0 Å². The molecule has 1 unspecified atom stereocenters. The Kier molecular flexibility index (Phi) is 3.69. The first-order valence-electron chi connectivity index (χ1n) is 4.53. The van der Waals surface area contributed by atoms with E-state index in [0.29, 0.717) is 12.0 Å². The highest BCUT2D eigenvalue weighted by atomic mass is 16.1. The molecule has 14 heavy (non-hydrogen) atoms. The first-order valence-corrected chi connectivity index (χ1v) is 4.53. The predicted molar refractivity (Wildman–Crippen MR) is 53.6 cm³/mol. The Labute approximate surface area is 83.4 Å². The monoisotopic (exact) mass is 188 g/mol. The predicted octanol–water partition coefficient (Wildman–Crippen LogP) is 1.72. The lowest BCUT2D eigenvalue weighted by atomic mass is 10.2. The number of nitrogens with zero attached hydrogens (tertiary/aromatic N) is 1. The van der Waals surface area contributed by atoms with E-state index in [0.717, 1.165) is 0 Å². The lowest BCUT2D eigenvalue weighted by molar-refractivity contribution is 0.0944. The third-order valence-electron chi connectivity index (χ3n) is 1.91. The van der Waals surface area contributed by atoms with Gasteiger partial charge in [0.1, 0.15) is 6.04 Å². The summed E-state index contributed by atoms with van der Waals surface area (Å²) in [6.07, 6.45) is 0.620. The van der Waals surface area contributed by atoms with Gasteiger partial charge in [-0.3, -0.25) is 4.79 Å². The summed E-state index contributed by atoms with van der Waals surface area (Å²) < 4.78 is 0. The first kappa shape index (κ1) is 10.3. The van der Waals surface area contributed by atoms with E-state index in [1.54, 1.807) is 24.3 Å². The summed E-state index contributed by atoms with van der Waals surface area (Å²) in [4.78, 5) is 11.5. The fourth-order valence-corrected chi connectivity index (χ4v) is 1.06. The summed E-state index contributed by atoms with van der Waals surface area (Å²) in [7, 11) is 0. The van der Waals surface area contributed by atoms with Gasteiger partial charge in [-0.2, -0.15) is 5.26 Å². The minimum atomic E-state index is -0.400. The average Bonchev–Trinajstić information content (AvgIpc) is 2.26. The van der Waals surface area contributed by atoms with Crippen molar-refractivity contribution in [3.8, 4) is 6.07 Å². The molecule has 3 heteroatoms. The van der Waals surface area contributed by atoms with Crippen LogP contribution in [0.2, 0.25) is 0 Å². The third-order valence-corrected chi connectivity index (χ3v) is 1.91. The number of rotatable bonds is 3. The third kappa shape index (κ3) is 2.60. The molecule has 72 valence electrons. The van der Waals surface area contributed by atoms with Crippen LogP contribution in [0.25, 0.3) is 0 Å². The van der Waals surface area contributed by atoms with Gasteiger partial charge in [-0.25, -0.2) is 0 Å². The molecule has 0 radical (unpaired) electrons. The Morgan fingerprint density at radius 3 is 2.64 bits per heavy atom. The van der Waals surface area contributed by atoms with E-state index < -0.39 is 6.04 Å². The van der Waals surface area contributed by atoms with Gasteiger partial charge in [-0.15, -0.1) is 0 Å². The molecule has 1 rings (SSSR count). The largest absolute Gasteiger partial charge is 0.336 e. The molecule has 3 nitrogen and oxygen atoms in total. The summed E-state index contributed by atoms with van der Waals surface area (Å²) in [6.45, 7) is 1.86. The highest BCUT2D eigenvalue weighted by Gasteiger charge is 2.09. The van der Waals surface area contributed by atoms with Crippen molar-refractivity contribution < 1.29 is 4.79 Å². The Hall–Kier alpha value is -1.82. The molecule has 0 fully saturated rings. The van der Waals surface area contributed by atoms with Gasteiger partial charge < -0.3 is 5.32 Å². The van der Waals surface area contributed by atoms with E-state index in [-0.39, 0.29) is 5.91 Å². The van der Waals surface area contributed by atoms with Crippen LogP contribution in [-0.4, -0.2) is 11.9 Å². The van der Waals surface area contributed by atoms with Crippen LogP contribution in [0.1, 0.15) is 23.7 Å². The number of nitriles is 1. The summed E-state index contributed by atoms with van der Waals surface area (Å²) >= 11 is 0. The lowest BCUT2D eigenvalue weighted by Gasteiger charge is -2.08. The molecule has 0 saturated carbocycles. The van der Waals surface area contributed by atoms with E-state index in [1.165, 1.54) is 0 Å². The molecule has 0 aliphatic carbocycles. The van der Waals surface area contributed by atoms with Crippen molar-refractivity contribution in [3.05, 3.63) is 35.9 Å². The number of carbonyl (C=O) groups is 1. The highest BCUT2D eigenvalue weighted by molar-refractivity contribution is 5.94.